The summed E-state index contributed by atoms with van der Waals surface area (Å²) in [5, 5.41) is 8.64. The Kier molecular flexibility index (Phi) is 10.9. The number of carbonyl (C=O) groups excluding carboxylic acids is 5. The van der Waals surface area contributed by atoms with E-state index in [4.69, 9.17) is 4.74 Å². The molecule has 3 aliphatic rings. The third-order valence-corrected chi connectivity index (χ3v) is 8.28. The van der Waals surface area contributed by atoms with E-state index in [1.807, 2.05) is 6.26 Å². The molecule has 0 spiro atoms. The standard InChI is InChI=1S/C25H41N5O6S/c1-36-24(35)30-15-13-29(14-16-30)23(34)28-25(11-6-3-7-12-25)22(33)27-19(10-17-37-2)20(31)21(32)26-18-8-4-5-9-18/h18-19H,3-17H2,1-2H3,(H,26,32)(H,27,33)(H,28,34)/t19-/m0/s1. The van der Waals surface area contributed by atoms with E-state index < -0.39 is 35.3 Å². The molecule has 1 atom stereocenters. The molecular weight excluding hydrogens is 498 g/mol. The lowest BCUT2D eigenvalue weighted by Gasteiger charge is -2.40. The first-order valence-corrected chi connectivity index (χ1v) is 14.7. The van der Waals surface area contributed by atoms with Crippen molar-refractivity contribution in [3.8, 4) is 0 Å². The van der Waals surface area contributed by atoms with E-state index in [1.54, 1.807) is 4.90 Å². The van der Waals surface area contributed by atoms with Gasteiger partial charge < -0.3 is 30.5 Å². The summed E-state index contributed by atoms with van der Waals surface area (Å²) in [7, 11) is 1.32. The Morgan fingerprint density at radius 1 is 0.946 bits per heavy atom. The van der Waals surface area contributed by atoms with Crippen LogP contribution in [-0.2, 0) is 19.1 Å². The van der Waals surface area contributed by atoms with E-state index in [0.717, 1.165) is 44.9 Å². The minimum Gasteiger partial charge on any atom is -0.453 e. The molecule has 0 aromatic carbocycles. The van der Waals surface area contributed by atoms with Gasteiger partial charge in [-0.2, -0.15) is 11.8 Å². The molecule has 2 saturated carbocycles. The summed E-state index contributed by atoms with van der Waals surface area (Å²) in [6, 6.07) is -1.30. The van der Waals surface area contributed by atoms with Crippen LogP contribution in [0.15, 0.2) is 0 Å². The van der Waals surface area contributed by atoms with Crippen molar-refractivity contribution in [1.82, 2.24) is 25.8 Å². The van der Waals surface area contributed by atoms with Crippen molar-refractivity contribution in [2.24, 2.45) is 0 Å². The van der Waals surface area contributed by atoms with Gasteiger partial charge in [0.1, 0.15) is 5.54 Å². The molecule has 3 fully saturated rings. The van der Waals surface area contributed by atoms with Gasteiger partial charge in [-0.1, -0.05) is 32.1 Å². The number of hydrogen-bond acceptors (Lipinski definition) is 7. The molecule has 0 radical (unpaired) electrons. The second-order valence-corrected chi connectivity index (χ2v) is 11.1. The van der Waals surface area contributed by atoms with E-state index in [2.05, 4.69) is 16.0 Å². The van der Waals surface area contributed by atoms with Gasteiger partial charge in [-0.25, -0.2) is 9.59 Å². The minimum atomic E-state index is -1.14. The Labute approximate surface area is 223 Å². The van der Waals surface area contributed by atoms with Crippen molar-refractivity contribution in [2.75, 3.05) is 45.3 Å². The number of nitrogens with zero attached hydrogens (tertiary/aromatic N) is 2. The van der Waals surface area contributed by atoms with Crippen LogP contribution >= 0.6 is 11.8 Å². The molecule has 1 saturated heterocycles. The second-order valence-electron chi connectivity index (χ2n) is 10.1. The summed E-state index contributed by atoms with van der Waals surface area (Å²) in [6.07, 6.45) is 9.04. The van der Waals surface area contributed by atoms with Crippen LogP contribution in [0.2, 0.25) is 0 Å². The normalized spacial score (nSPS) is 20.6. The SMILES string of the molecule is COC(=O)N1CCN(C(=O)NC2(C(=O)N[C@@H](CCSC)C(=O)C(=O)NC3CCCC3)CCCCC2)CC1. The number of piperazine rings is 1. The van der Waals surface area contributed by atoms with Crippen molar-refractivity contribution in [2.45, 2.75) is 81.8 Å². The minimum absolute atomic E-state index is 0.0111. The summed E-state index contributed by atoms with van der Waals surface area (Å²) in [6.45, 7) is 1.35. The largest absolute Gasteiger partial charge is 0.453 e. The molecule has 208 valence electrons. The van der Waals surface area contributed by atoms with Gasteiger partial charge in [0.15, 0.2) is 0 Å². The molecule has 12 heteroatoms. The van der Waals surface area contributed by atoms with E-state index in [1.165, 1.54) is 23.8 Å². The molecule has 0 bridgehead atoms. The number of urea groups is 1. The average Bonchev–Trinajstić information content (AvgIpc) is 3.43. The Hall–Kier alpha value is -2.50. The molecular formula is C25H41N5O6S. The molecule has 3 rings (SSSR count). The number of rotatable bonds is 9. The van der Waals surface area contributed by atoms with Crippen molar-refractivity contribution in [3.05, 3.63) is 0 Å². The van der Waals surface area contributed by atoms with Gasteiger partial charge in [-0.3, -0.25) is 14.4 Å². The zero-order valence-corrected chi connectivity index (χ0v) is 22.8. The number of carbonyl (C=O) groups is 5. The fraction of sp³-hybridized carbons (Fsp3) is 0.800. The van der Waals surface area contributed by atoms with Gasteiger partial charge in [0, 0.05) is 32.2 Å². The van der Waals surface area contributed by atoms with Gasteiger partial charge >= 0.3 is 12.1 Å². The first-order chi connectivity index (χ1) is 17.8. The Morgan fingerprint density at radius 2 is 1.57 bits per heavy atom. The van der Waals surface area contributed by atoms with Crippen molar-refractivity contribution < 1.29 is 28.7 Å². The quantitative estimate of drug-likeness (QED) is 0.379. The Morgan fingerprint density at radius 3 is 2.16 bits per heavy atom. The number of nitrogens with one attached hydrogen (secondary N) is 3. The highest BCUT2D eigenvalue weighted by Gasteiger charge is 2.44. The summed E-state index contributed by atoms with van der Waals surface area (Å²) in [5.74, 6) is -1.09. The number of hydrogen-bond donors (Lipinski definition) is 3. The van der Waals surface area contributed by atoms with Crippen LogP contribution in [-0.4, -0.2) is 102 Å². The van der Waals surface area contributed by atoms with Gasteiger partial charge in [0.2, 0.25) is 11.7 Å². The third-order valence-electron chi connectivity index (χ3n) is 7.63. The monoisotopic (exact) mass is 539 g/mol. The van der Waals surface area contributed by atoms with Crippen LogP contribution in [0.1, 0.15) is 64.2 Å². The lowest BCUT2D eigenvalue weighted by Crippen LogP contribution is -2.65. The molecule has 2 aliphatic carbocycles. The van der Waals surface area contributed by atoms with E-state index >= 15 is 0 Å². The predicted molar refractivity (Wildman–Crippen MR) is 140 cm³/mol. The first-order valence-electron chi connectivity index (χ1n) is 13.3. The second kappa shape index (κ2) is 13.9. The fourth-order valence-corrected chi connectivity index (χ4v) is 5.83. The summed E-state index contributed by atoms with van der Waals surface area (Å²) in [5.41, 5.74) is -1.14. The molecule has 0 aromatic heterocycles. The van der Waals surface area contributed by atoms with Crippen molar-refractivity contribution in [1.29, 1.82) is 0 Å². The van der Waals surface area contributed by atoms with Gasteiger partial charge in [-0.05, 0) is 44.1 Å². The van der Waals surface area contributed by atoms with E-state index in [9.17, 15) is 24.0 Å². The van der Waals surface area contributed by atoms with Crippen LogP contribution < -0.4 is 16.0 Å². The predicted octanol–water partition coefficient (Wildman–Crippen LogP) is 1.65. The highest BCUT2D eigenvalue weighted by molar-refractivity contribution is 7.98. The van der Waals surface area contributed by atoms with Gasteiger partial charge in [0.05, 0.1) is 13.2 Å². The Bertz CT molecular complexity index is 835. The number of Topliss-reactive ketones (excluding diaryl/α,β-unsaturated/α-hetero) is 1. The zero-order valence-electron chi connectivity index (χ0n) is 22.0. The van der Waals surface area contributed by atoms with Crippen molar-refractivity contribution in [3.63, 3.8) is 0 Å². The highest BCUT2D eigenvalue weighted by atomic mass is 32.2. The number of ketones is 1. The van der Waals surface area contributed by atoms with Crippen LogP contribution in [0, 0.1) is 0 Å². The molecule has 0 aromatic rings. The number of methoxy groups -OCH3 is 1. The molecule has 1 heterocycles. The van der Waals surface area contributed by atoms with E-state index in [0.29, 0.717) is 51.2 Å². The number of ether oxygens (including phenoxy) is 1. The Balaban J connectivity index is 1.66. The maximum atomic E-state index is 13.7. The van der Waals surface area contributed by atoms with Gasteiger partial charge in [-0.15, -0.1) is 0 Å². The van der Waals surface area contributed by atoms with Crippen LogP contribution in [0.5, 0.6) is 0 Å². The molecule has 11 nitrogen and oxygen atoms in total. The lowest BCUT2D eigenvalue weighted by atomic mass is 9.80. The molecule has 37 heavy (non-hydrogen) atoms. The molecule has 3 N–H and O–H groups in total. The highest BCUT2D eigenvalue weighted by Crippen LogP contribution is 2.29. The first kappa shape index (κ1) is 29.1. The number of amides is 5. The summed E-state index contributed by atoms with van der Waals surface area (Å²) in [4.78, 5) is 67.5. The smallest absolute Gasteiger partial charge is 0.409 e. The van der Waals surface area contributed by atoms with Crippen LogP contribution in [0.4, 0.5) is 9.59 Å². The zero-order chi connectivity index (χ0) is 26.8. The number of thioether (sulfide) groups is 1. The van der Waals surface area contributed by atoms with E-state index in [-0.39, 0.29) is 12.1 Å². The van der Waals surface area contributed by atoms with Crippen molar-refractivity contribution >= 4 is 41.5 Å². The average molecular weight is 540 g/mol. The van der Waals surface area contributed by atoms with Crippen LogP contribution in [0.3, 0.4) is 0 Å². The summed E-state index contributed by atoms with van der Waals surface area (Å²) < 4.78 is 4.75. The fourth-order valence-electron chi connectivity index (χ4n) is 5.35. The lowest BCUT2D eigenvalue weighted by molar-refractivity contribution is -0.141. The molecule has 0 unspecified atom stereocenters. The maximum absolute atomic E-state index is 13.7. The third kappa shape index (κ3) is 7.75. The maximum Gasteiger partial charge on any atom is 0.409 e. The topological polar surface area (TPSA) is 137 Å². The summed E-state index contributed by atoms with van der Waals surface area (Å²) >= 11 is 1.54. The van der Waals surface area contributed by atoms with Crippen LogP contribution in [0.25, 0.3) is 0 Å². The molecule has 1 aliphatic heterocycles. The molecule has 5 amide bonds. The van der Waals surface area contributed by atoms with Gasteiger partial charge in [0.25, 0.3) is 5.91 Å².